The van der Waals surface area contributed by atoms with Gasteiger partial charge in [-0.3, -0.25) is 30.3 Å². The van der Waals surface area contributed by atoms with Gasteiger partial charge in [0, 0.05) is 61.1 Å². The van der Waals surface area contributed by atoms with Crippen LogP contribution >= 0.6 is 0 Å². The number of benzene rings is 2. The van der Waals surface area contributed by atoms with Crippen molar-refractivity contribution >= 4 is 22.6 Å². The summed E-state index contributed by atoms with van der Waals surface area (Å²) in [5.41, 5.74) is 0.908. The normalized spacial score (nSPS) is 17.1. The molecule has 1 aliphatic carbocycles. The van der Waals surface area contributed by atoms with Crippen molar-refractivity contribution in [1.29, 1.82) is 0 Å². The number of rotatable bonds is 5. The quantitative estimate of drug-likeness (QED) is 0.391. The van der Waals surface area contributed by atoms with E-state index in [2.05, 4.69) is 9.80 Å². The summed E-state index contributed by atoms with van der Waals surface area (Å²) in [6.07, 6.45) is 0. The van der Waals surface area contributed by atoms with Gasteiger partial charge in [0.1, 0.15) is 5.82 Å². The van der Waals surface area contributed by atoms with Crippen LogP contribution in [-0.4, -0.2) is 77.2 Å². The average molecular weight is 483 g/mol. The fourth-order valence-corrected chi connectivity index (χ4v) is 4.86. The molecule has 13 heteroatoms. The Balaban J connectivity index is 1.87. The van der Waals surface area contributed by atoms with Crippen molar-refractivity contribution in [1.82, 2.24) is 9.80 Å². The van der Waals surface area contributed by atoms with Crippen LogP contribution in [0.25, 0.3) is 16.7 Å². The van der Waals surface area contributed by atoms with Gasteiger partial charge in [0.05, 0.1) is 52.8 Å². The van der Waals surface area contributed by atoms with Crippen molar-refractivity contribution in [3.8, 4) is 11.1 Å². The Labute approximate surface area is 198 Å². The van der Waals surface area contributed by atoms with Crippen molar-refractivity contribution in [3.05, 3.63) is 77.6 Å². The van der Waals surface area contributed by atoms with E-state index in [9.17, 15) is 30.3 Å². The van der Waals surface area contributed by atoms with Crippen LogP contribution in [0.15, 0.2) is 36.2 Å². The topological polar surface area (TPSA) is 154 Å². The lowest BCUT2D eigenvalue weighted by molar-refractivity contribution is -0.393. The summed E-state index contributed by atoms with van der Waals surface area (Å²) in [4.78, 5) is 37.6. The minimum absolute atomic E-state index is 0.172. The molecule has 0 radical (unpaired) electrons. The lowest BCUT2D eigenvalue weighted by Crippen LogP contribution is -2.46. The van der Waals surface area contributed by atoms with Crippen molar-refractivity contribution in [2.45, 2.75) is 0 Å². The van der Waals surface area contributed by atoms with Crippen LogP contribution in [0.1, 0.15) is 11.1 Å². The van der Waals surface area contributed by atoms with Crippen molar-refractivity contribution < 1.29 is 24.2 Å². The van der Waals surface area contributed by atoms with E-state index in [-0.39, 0.29) is 11.3 Å². The molecule has 35 heavy (non-hydrogen) atoms. The highest BCUT2D eigenvalue weighted by molar-refractivity contribution is 6.06. The highest BCUT2D eigenvalue weighted by Crippen LogP contribution is 2.52. The molecule has 2 saturated heterocycles. The van der Waals surface area contributed by atoms with Gasteiger partial charge in [-0.05, 0) is 11.6 Å². The number of ether oxygens (including phenoxy) is 2. The molecule has 2 aromatic carbocycles. The maximum Gasteiger partial charge on any atom is 0.284 e. The zero-order valence-electron chi connectivity index (χ0n) is 18.5. The number of nitro benzene ring substituents is 3. The van der Waals surface area contributed by atoms with Crippen LogP contribution in [0.3, 0.4) is 0 Å². The maximum atomic E-state index is 12.0. The van der Waals surface area contributed by atoms with Gasteiger partial charge in [0.2, 0.25) is 0 Å². The zero-order chi connectivity index (χ0) is 24.7. The molecule has 2 fully saturated rings. The molecular formula is C22H21N5O8. The van der Waals surface area contributed by atoms with Gasteiger partial charge >= 0.3 is 0 Å². The molecule has 3 aliphatic rings. The van der Waals surface area contributed by atoms with Crippen LogP contribution in [0.5, 0.6) is 0 Å². The van der Waals surface area contributed by atoms with Crippen molar-refractivity contribution in [3.63, 3.8) is 0 Å². The Morgan fingerprint density at radius 1 is 0.686 bits per heavy atom. The minimum atomic E-state index is -0.667. The average Bonchev–Trinajstić information content (AvgIpc) is 3.18. The molecule has 13 nitrogen and oxygen atoms in total. The number of fused-ring (bicyclic) bond motifs is 3. The van der Waals surface area contributed by atoms with Gasteiger partial charge in [-0.2, -0.15) is 0 Å². The van der Waals surface area contributed by atoms with Crippen LogP contribution in [-0.2, 0) is 9.47 Å². The number of nitrogens with zero attached hydrogens (tertiary/aromatic N) is 5. The third-order valence-electron chi connectivity index (χ3n) is 6.38. The summed E-state index contributed by atoms with van der Waals surface area (Å²) in [5.74, 6) is 0.715. The van der Waals surface area contributed by atoms with Gasteiger partial charge in [-0.15, -0.1) is 0 Å². The second-order valence-corrected chi connectivity index (χ2v) is 8.29. The molecule has 2 aliphatic heterocycles. The van der Waals surface area contributed by atoms with E-state index in [4.69, 9.17) is 9.47 Å². The van der Waals surface area contributed by atoms with Crippen LogP contribution in [0.4, 0.5) is 17.1 Å². The Morgan fingerprint density at radius 2 is 1.23 bits per heavy atom. The van der Waals surface area contributed by atoms with Gasteiger partial charge in [0.25, 0.3) is 17.1 Å². The van der Waals surface area contributed by atoms with E-state index in [1.807, 2.05) is 0 Å². The molecule has 0 amide bonds. The fourth-order valence-electron chi connectivity index (χ4n) is 4.86. The second kappa shape index (κ2) is 8.92. The van der Waals surface area contributed by atoms with E-state index in [0.29, 0.717) is 80.7 Å². The number of hydrogen-bond acceptors (Lipinski definition) is 10. The number of non-ortho nitro benzene ring substituents is 2. The van der Waals surface area contributed by atoms with E-state index in [1.54, 1.807) is 0 Å². The molecule has 0 N–H and O–H groups in total. The van der Waals surface area contributed by atoms with Crippen LogP contribution in [0, 0.1) is 30.3 Å². The molecular weight excluding hydrogens is 462 g/mol. The van der Waals surface area contributed by atoms with E-state index >= 15 is 0 Å². The Hall–Kier alpha value is -4.10. The molecule has 0 saturated carbocycles. The molecule has 182 valence electrons. The summed E-state index contributed by atoms with van der Waals surface area (Å²) in [6, 6.07) is 6.43. The number of nitro groups is 3. The minimum Gasteiger partial charge on any atom is -0.378 e. The third-order valence-corrected chi connectivity index (χ3v) is 6.38. The number of morpholine rings is 2. The molecule has 2 heterocycles. The maximum absolute atomic E-state index is 12.0. The molecule has 0 aromatic heterocycles. The molecule has 0 atom stereocenters. The molecule has 0 bridgehead atoms. The first-order valence-electron chi connectivity index (χ1n) is 11.0. The largest absolute Gasteiger partial charge is 0.378 e. The summed E-state index contributed by atoms with van der Waals surface area (Å²) in [7, 11) is 0. The lowest BCUT2D eigenvalue weighted by Gasteiger charge is -2.41. The highest BCUT2D eigenvalue weighted by Gasteiger charge is 2.39. The van der Waals surface area contributed by atoms with Crippen molar-refractivity contribution in [2.75, 3.05) is 52.6 Å². The lowest BCUT2D eigenvalue weighted by atomic mass is 10.0. The standard InChI is InChI=1S/C22H21N5O8/c28-25(29)14-1-2-16-17(11-14)21(18-12-15(26(30)31)13-19(20(16)18)27(32)33)22(23-3-7-34-8-4-23)24-5-9-35-10-6-24/h1-2,11-13H,3-10H2. The monoisotopic (exact) mass is 483 g/mol. The first-order chi connectivity index (χ1) is 16.9. The first-order valence-corrected chi connectivity index (χ1v) is 11.0. The van der Waals surface area contributed by atoms with Gasteiger partial charge in [-0.25, -0.2) is 0 Å². The SMILES string of the molecule is O=[N+]([O-])c1ccc2c(c1)C(=C(N1CCOCC1)N1CCOCC1)c1cc([N+](=O)[O-])cc([N+](=O)[O-])c1-2. The Bertz CT molecular complexity index is 1240. The smallest absolute Gasteiger partial charge is 0.284 e. The molecule has 5 rings (SSSR count). The van der Waals surface area contributed by atoms with Gasteiger partial charge in [-0.1, -0.05) is 0 Å². The van der Waals surface area contributed by atoms with E-state index in [1.165, 1.54) is 24.3 Å². The fraction of sp³-hybridized carbons (Fsp3) is 0.364. The van der Waals surface area contributed by atoms with Crippen LogP contribution in [0.2, 0.25) is 0 Å². The molecule has 2 aromatic rings. The predicted octanol–water partition coefficient (Wildman–Crippen LogP) is 2.77. The first kappa shape index (κ1) is 22.7. The number of hydrogen-bond donors (Lipinski definition) is 0. The van der Waals surface area contributed by atoms with Gasteiger partial charge < -0.3 is 19.3 Å². The zero-order valence-corrected chi connectivity index (χ0v) is 18.5. The predicted molar refractivity (Wildman–Crippen MR) is 123 cm³/mol. The summed E-state index contributed by atoms with van der Waals surface area (Å²) < 4.78 is 11.0. The second-order valence-electron chi connectivity index (χ2n) is 8.29. The van der Waals surface area contributed by atoms with Crippen LogP contribution < -0.4 is 0 Å². The Morgan fingerprint density at radius 3 is 1.74 bits per heavy atom. The molecule has 0 spiro atoms. The summed E-state index contributed by atoms with van der Waals surface area (Å²) >= 11 is 0. The Kier molecular flexibility index (Phi) is 5.78. The third kappa shape index (κ3) is 3.94. The molecule has 0 unspecified atom stereocenters. The highest BCUT2D eigenvalue weighted by atomic mass is 16.6. The summed E-state index contributed by atoms with van der Waals surface area (Å²) in [5, 5.41) is 35.3. The van der Waals surface area contributed by atoms with E-state index < -0.39 is 26.1 Å². The van der Waals surface area contributed by atoms with Gasteiger partial charge in [0.15, 0.2) is 0 Å². The van der Waals surface area contributed by atoms with Crippen molar-refractivity contribution in [2.24, 2.45) is 0 Å². The summed E-state index contributed by atoms with van der Waals surface area (Å²) in [6.45, 7) is 3.99. The van der Waals surface area contributed by atoms with E-state index in [0.717, 1.165) is 6.07 Å².